The maximum Gasteiger partial charge on any atom is 0.132 e. The molecule has 0 saturated carbocycles. The van der Waals surface area contributed by atoms with Gasteiger partial charge in [-0.25, -0.2) is 14.4 Å². The molecule has 0 radical (unpaired) electrons. The molecule has 2 aromatic rings. The van der Waals surface area contributed by atoms with Gasteiger partial charge < -0.3 is 15.4 Å². The average molecular weight is 316 g/mol. The van der Waals surface area contributed by atoms with Crippen molar-refractivity contribution in [3.8, 4) is 0 Å². The van der Waals surface area contributed by atoms with Crippen LogP contribution in [-0.2, 0) is 11.3 Å². The van der Waals surface area contributed by atoms with E-state index < -0.39 is 0 Å². The highest BCUT2D eigenvalue weighted by Gasteiger charge is 2.15. The minimum absolute atomic E-state index is 0.220. The zero-order valence-corrected chi connectivity index (χ0v) is 13.2. The van der Waals surface area contributed by atoms with Crippen molar-refractivity contribution in [3.05, 3.63) is 47.5 Å². The molecule has 1 aromatic heterocycles. The van der Waals surface area contributed by atoms with Crippen molar-refractivity contribution in [2.75, 3.05) is 23.8 Å². The number of hydrogen-bond acceptors (Lipinski definition) is 5. The summed E-state index contributed by atoms with van der Waals surface area (Å²) in [6.07, 6.45) is 2.44. The smallest absolute Gasteiger partial charge is 0.132 e. The Kier molecular flexibility index (Phi) is 5.02. The molecule has 3 rings (SSSR count). The summed E-state index contributed by atoms with van der Waals surface area (Å²) in [5.74, 6) is 1.88. The van der Waals surface area contributed by atoms with Gasteiger partial charge in [-0.05, 0) is 25.8 Å². The summed E-state index contributed by atoms with van der Waals surface area (Å²) in [6.45, 7) is 3.80. The van der Waals surface area contributed by atoms with Gasteiger partial charge in [-0.3, -0.25) is 0 Å². The van der Waals surface area contributed by atoms with E-state index in [4.69, 9.17) is 4.74 Å². The molecule has 23 heavy (non-hydrogen) atoms. The number of rotatable bonds is 6. The van der Waals surface area contributed by atoms with Gasteiger partial charge in [0, 0.05) is 31.3 Å². The van der Waals surface area contributed by atoms with Gasteiger partial charge >= 0.3 is 0 Å². The molecule has 1 aliphatic rings. The number of anilines is 2. The van der Waals surface area contributed by atoms with Gasteiger partial charge in [-0.15, -0.1) is 0 Å². The van der Waals surface area contributed by atoms with E-state index in [0.717, 1.165) is 31.8 Å². The molecule has 1 atom stereocenters. The molecule has 1 saturated heterocycles. The lowest BCUT2D eigenvalue weighted by Crippen LogP contribution is -2.19. The first-order valence-corrected chi connectivity index (χ1v) is 7.89. The van der Waals surface area contributed by atoms with Gasteiger partial charge in [0.25, 0.3) is 0 Å². The van der Waals surface area contributed by atoms with E-state index >= 15 is 0 Å². The Morgan fingerprint density at radius 3 is 2.74 bits per heavy atom. The zero-order chi connectivity index (χ0) is 16.1. The molecular formula is C17H21FN4O. The second-order valence-corrected chi connectivity index (χ2v) is 5.65. The van der Waals surface area contributed by atoms with Crippen molar-refractivity contribution in [3.63, 3.8) is 0 Å². The van der Waals surface area contributed by atoms with Crippen LogP contribution in [0.15, 0.2) is 30.3 Å². The quantitative estimate of drug-likeness (QED) is 0.857. The van der Waals surface area contributed by atoms with Crippen LogP contribution in [0.1, 0.15) is 24.2 Å². The lowest BCUT2D eigenvalue weighted by molar-refractivity contribution is 0.120. The van der Waals surface area contributed by atoms with Crippen LogP contribution >= 0.6 is 0 Å². The van der Waals surface area contributed by atoms with E-state index in [1.807, 2.05) is 19.1 Å². The number of nitrogens with one attached hydrogen (secondary N) is 2. The fourth-order valence-electron chi connectivity index (χ4n) is 2.60. The van der Waals surface area contributed by atoms with E-state index in [0.29, 0.717) is 23.8 Å². The molecule has 6 heteroatoms. The lowest BCUT2D eigenvalue weighted by Gasteiger charge is -2.13. The second-order valence-electron chi connectivity index (χ2n) is 5.65. The summed E-state index contributed by atoms with van der Waals surface area (Å²) in [4.78, 5) is 8.72. The molecule has 0 spiro atoms. The van der Waals surface area contributed by atoms with Gasteiger partial charge in [-0.1, -0.05) is 18.2 Å². The largest absolute Gasteiger partial charge is 0.376 e. The highest BCUT2D eigenvalue weighted by atomic mass is 19.1. The molecule has 122 valence electrons. The third kappa shape index (κ3) is 4.39. The van der Waals surface area contributed by atoms with Crippen LogP contribution in [0.2, 0.25) is 0 Å². The summed E-state index contributed by atoms with van der Waals surface area (Å²) in [5.41, 5.74) is 0.609. The van der Waals surface area contributed by atoms with E-state index in [9.17, 15) is 4.39 Å². The molecule has 1 aliphatic heterocycles. The van der Waals surface area contributed by atoms with E-state index in [1.165, 1.54) is 6.07 Å². The van der Waals surface area contributed by atoms with E-state index in [1.54, 1.807) is 12.1 Å². The third-order valence-electron chi connectivity index (χ3n) is 3.79. The van der Waals surface area contributed by atoms with Crippen LogP contribution in [0.3, 0.4) is 0 Å². The second kappa shape index (κ2) is 7.37. The Balaban J connectivity index is 1.61. The fourth-order valence-corrected chi connectivity index (χ4v) is 2.60. The van der Waals surface area contributed by atoms with Crippen LogP contribution < -0.4 is 10.6 Å². The fraction of sp³-hybridized carbons (Fsp3) is 0.412. The van der Waals surface area contributed by atoms with Gasteiger partial charge in [0.05, 0.1) is 6.10 Å². The normalized spacial score (nSPS) is 17.2. The first-order valence-electron chi connectivity index (χ1n) is 7.89. The standard InChI is InChI=1S/C17H21FN4O/c1-12-21-16(19-10-13-5-2-3-7-15(13)18)9-17(22-12)20-11-14-6-4-8-23-14/h2-3,5,7,9,14H,4,6,8,10-11H2,1H3,(H2,19,20,21,22). The summed E-state index contributed by atoms with van der Waals surface area (Å²) < 4.78 is 19.2. The van der Waals surface area contributed by atoms with Crippen molar-refractivity contribution in [1.82, 2.24) is 9.97 Å². The van der Waals surface area contributed by atoms with Crippen molar-refractivity contribution < 1.29 is 9.13 Å². The minimum Gasteiger partial charge on any atom is -0.376 e. The maximum atomic E-state index is 13.6. The number of ether oxygens (including phenoxy) is 1. The highest BCUT2D eigenvalue weighted by molar-refractivity contribution is 5.48. The first-order chi connectivity index (χ1) is 11.2. The molecular weight excluding hydrogens is 295 g/mol. The molecule has 1 unspecified atom stereocenters. The number of nitrogens with zero attached hydrogens (tertiary/aromatic N) is 2. The van der Waals surface area contributed by atoms with Gasteiger partial charge in [-0.2, -0.15) is 0 Å². The molecule has 2 N–H and O–H groups in total. The lowest BCUT2D eigenvalue weighted by atomic mass is 10.2. The predicted octanol–water partition coefficient (Wildman–Crippen LogP) is 3.13. The number of aromatic nitrogens is 2. The van der Waals surface area contributed by atoms with Crippen LogP contribution in [-0.4, -0.2) is 29.2 Å². The molecule has 1 aromatic carbocycles. The summed E-state index contributed by atoms with van der Waals surface area (Å²) in [6, 6.07) is 8.55. The third-order valence-corrected chi connectivity index (χ3v) is 3.79. The van der Waals surface area contributed by atoms with Crippen LogP contribution in [0.25, 0.3) is 0 Å². The average Bonchev–Trinajstić information content (AvgIpc) is 3.05. The van der Waals surface area contributed by atoms with Crippen LogP contribution in [0, 0.1) is 12.7 Å². The monoisotopic (exact) mass is 316 g/mol. The molecule has 2 heterocycles. The summed E-state index contributed by atoms with van der Waals surface area (Å²) in [7, 11) is 0. The SMILES string of the molecule is Cc1nc(NCc2ccccc2F)cc(NCC2CCCO2)n1. The predicted molar refractivity (Wildman–Crippen MR) is 88.0 cm³/mol. The van der Waals surface area contributed by atoms with E-state index in [2.05, 4.69) is 20.6 Å². The zero-order valence-electron chi connectivity index (χ0n) is 13.2. The number of halogens is 1. The number of aryl methyl sites for hydroxylation is 1. The van der Waals surface area contributed by atoms with Gasteiger partial charge in [0.1, 0.15) is 23.3 Å². The molecule has 5 nitrogen and oxygen atoms in total. The Bertz CT molecular complexity index is 659. The summed E-state index contributed by atoms with van der Waals surface area (Å²) in [5, 5.41) is 6.44. The van der Waals surface area contributed by atoms with Crippen molar-refractivity contribution in [2.45, 2.75) is 32.4 Å². The maximum absolute atomic E-state index is 13.6. The minimum atomic E-state index is -0.220. The Hall–Kier alpha value is -2.21. The molecule has 0 amide bonds. The summed E-state index contributed by atoms with van der Waals surface area (Å²) >= 11 is 0. The van der Waals surface area contributed by atoms with Crippen LogP contribution in [0.5, 0.6) is 0 Å². The van der Waals surface area contributed by atoms with Gasteiger partial charge in [0.15, 0.2) is 0 Å². The van der Waals surface area contributed by atoms with E-state index in [-0.39, 0.29) is 11.9 Å². The van der Waals surface area contributed by atoms with Crippen molar-refractivity contribution in [1.29, 1.82) is 0 Å². The van der Waals surface area contributed by atoms with Crippen molar-refractivity contribution >= 4 is 11.6 Å². The molecule has 0 aliphatic carbocycles. The van der Waals surface area contributed by atoms with Crippen LogP contribution in [0.4, 0.5) is 16.0 Å². The Morgan fingerprint density at radius 1 is 1.22 bits per heavy atom. The molecule has 0 bridgehead atoms. The Morgan fingerprint density at radius 2 is 2.00 bits per heavy atom. The van der Waals surface area contributed by atoms with Gasteiger partial charge in [0.2, 0.25) is 0 Å². The highest BCUT2D eigenvalue weighted by Crippen LogP contribution is 2.16. The Labute approximate surface area is 135 Å². The number of benzene rings is 1. The molecule has 1 fully saturated rings. The van der Waals surface area contributed by atoms with Crippen molar-refractivity contribution in [2.24, 2.45) is 0 Å². The topological polar surface area (TPSA) is 59.1 Å². The number of hydrogen-bond donors (Lipinski definition) is 2. The first kappa shape index (κ1) is 15.7.